The van der Waals surface area contributed by atoms with Gasteiger partial charge < -0.3 is 4.74 Å². The van der Waals surface area contributed by atoms with E-state index in [4.69, 9.17) is 4.74 Å². The number of ether oxygens (including phenoxy) is 1. The summed E-state index contributed by atoms with van der Waals surface area (Å²) < 4.78 is 6.70. The molecule has 3 aromatic rings. The third kappa shape index (κ3) is 5.29. The molecule has 26 heavy (non-hydrogen) atoms. The van der Waals surface area contributed by atoms with Gasteiger partial charge in [0.05, 0.1) is 6.21 Å². The van der Waals surface area contributed by atoms with Gasteiger partial charge in [0, 0.05) is 10.0 Å². The van der Waals surface area contributed by atoms with Crippen LogP contribution in [0.2, 0.25) is 0 Å². The van der Waals surface area contributed by atoms with Gasteiger partial charge in [0.25, 0.3) is 5.91 Å². The van der Waals surface area contributed by atoms with Crippen molar-refractivity contribution in [3.8, 4) is 5.75 Å². The highest BCUT2D eigenvalue weighted by Gasteiger charge is 2.04. The SMILES string of the molecule is O=C(N/N=C\c1ccc(Br)cc1)c1ccc(OCc2ccccc2)cc1. The highest BCUT2D eigenvalue weighted by Crippen LogP contribution is 2.14. The van der Waals surface area contributed by atoms with Crippen molar-refractivity contribution in [1.29, 1.82) is 0 Å². The zero-order valence-electron chi connectivity index (χ0n) is 13.9. The highest BCUT2D eigenvalue weighted by molar-refractivity contribution is 9.10. The molecule has 0 aliphatic rings. The Bertz CT molecular complexity index is 876. The van der Waals surface area contributed by atoms with Gasteiger partial charge >= 0.3 is 0 Å². The Hall–Kier alpha value is -2.92. The molecule has 1 amide bonds. The van der Waals surface area contributed by atoms with Gasteiger partial charge in [-0.05, 0) is 47.5 Å². The first kappa shape index (κ1) is 17.9. The van der Waals surface area contributed by atoms with Crippen LogP contribution in [0.15, 0.2) is 88.4 Å². The molecule has 1 N–H and O–H groups in total. The van der Waals surface area contributed by atoms with Crippen molar-refractivity contribution in [3.63, 3.8) is 0 Å². The number of carbonyl (C=O) groups excluding carboxylic acids is 1. The van der Waals surface area contributed by atoms with Crippen molar-refractivity contribution in [2.75, 3.05) is 0 Å². The fourth-order valence-electron chi connectivity index (χ4n) is 2.22. The van der Waals surface area contributed by atoms with Gasteiger partial charge in [-0.15, -0.1) is 0 Å². The van der Waals surface area contributed by atoms with Crippen molar-refractivity contribution in [1.82, 2.24) is 5.43 Å². The van der Waals surface area contributed by atoms with E-state index in [0.29, 0.717) is 17.9 Å². The topological polar surface area (TPSA) is 50.7 Å². The van der Waals surface area contributed by atoms with Gasteiger partial charge in [-0.2, -0.15) is 5.10 Å². The monoisotopic (exact) mass is 408 g/mol. The lowest BCUT2D eigenvalue weighted by Crippen LogP contribution is -2.17. The van der Waals surface area contributed by atoms with Crippen molar-refractivity contribution >= 4 is 28.1 Å². The summed E-state index contributed by atoms with van der Waals surface area (Å²) in [5.74, 6) is 0.441. The van der Waals surface area contributed by atoms with Crippen LogP contribution in [-0.2, 0) is 6.61 Å². The van der Waals surface area contributed by atoms with Crippen LogP contribution in [0.3, 0.4) is 0 Å². The summed E-state index contributed by atoms with van der Waals surface area (Å²) in [5, 5.41) is 3.97. The van der Waals surface area contributed by atoms with Gasteiger partial charge in [-0.3, -0.25) is 4.79 Å². The average Bonchev–Trinajstić information content (AvgIpc) is 2.69. The van der Waals surface area contributed by atoms with E-state index in [0.717, 1.165) is 15.6 Å². The predicted molar refractivity (Wildman–Crippen MR) is 106 cm³/mol. The Morgan fingerprint density at radius 2 is 1.65 bits per heavy atom. The Balaban J connectivity index is 1.52. The molecule has 0 bridgehead atoms. The largest absolute Gasteiger partial charge is 0.489 e. The second-order valence-electron chi connectivity index (χ2n) is 5.55. The van der Waals surface area contributed by atoms with E-state index in [1.54, 1.807) is 30.5 Å². The van der Waals surface area contributed by atoms with Crippen LogP contribution in [0.1, 0.15) is 21.5 Å². The molecule has 0 aromatic heterocycles. The molecule has 0 unspecified atom stereocenters. The van der Waals surface area contributed by atoms with Crippen LogP contribution in [-0.4, -0.2) is 12.1 Å². The van der Waals surface area contributed by atoms with Crippen LogP contribution >= 0.6 is 15.9 Å². The lowest BCUT2D eigenvalue weighted by molar-refractivity contribution is 0.0955. The third-order valence-electron chi connectivity index (χ3n) is 3.61. The van der Waals surface area contributed by atoms with Crippen LogP contribution in [0.4, 0.5) is 0 Å². The third-order valence-corrected chi connectivity index (χ3v) is 4.14. The molecule has 0 fully saturated rings. The first-order valence-corrected chi connectivity index (χ1v) is 8.86. The predicted octanol–water partition coefficient (Wildman–Crippen LogP) is 4.79. The maximum Gasteiger partial charge on any atom is 0.271 e. The Kier molecular flexibility index (Phi) is 6.17. The van der Waals surface area contributed by atoms with Crippen LogP contribution < -0.4 is 10.2 Å². The molecular formula is C21H17BrN2O2. The first-order chi connectivity index (χ1) is 12.7. The van der Waals surface area contributed by atoms with Crippen molar-refractivity contribution in [2.24, 2.45) is 5.10 Å². The maximum atomic E-state index is 12.1. The maximum absolute atomic E-state index is 12.1. The number of hydrogen-bond donors (Lipinski definition) is 1. The molecule has 0 heterocycles. The van der Waals surface area contributed by atoms with E-state index in [2.05, 4.69) is 26.5 Å². The van der Waals surface area contributed by atoms with E-state index in [1.165, 1.54) is 0 Å². The molecule has 0 atom stereocenters. The van der Waals surface area contributed by atoms with Gasteiger partial charge in [0.1, 0.15) is 12.4 Å². The van der Waals surface area contributed by atoms with Crippen molar-refractivity contribution in [2.45, 2.75) is 6.61 Å². The smallest absolute Gasteiger partial charge is 0.271 e. The summed E-state index contributed by atoms with van der Waals surface area (Å²) in [6, 6.07) is 24.5. The zero-order valence-corrected chi connectivity index (χ0v) is 15.5. The minimum atomic E-state index is -0.270. The molecule has 0 radical (unpaired) electrons. The summed E-state index contributed by atoms with van der Waals surface area (Å²) >= 11 is 3.37. The molecule has 0 saturated heterocycles. The minimum Gasteiger partial charge on any atom is -0.489 e. The van der Waals surface area contributed by atoms with Crippen molar-refractivity contribution in [3.05, 3.63) is 100 Å². The average molecular weight is 409 g/mol. The molecule has 3 rings (SSSR count). The molecule has 0 aliphatic heterocycles. The quantitative estimate of drug-likeness (QED) is 0.470. The summed E-state index contributed by atoms with van der Waals surface area (Å²) in [6.07, 6.45) is 1.60. The standard InChI is InChI=1S/C21H17BrN2O2/c22-19-10-6-16(7-11-19)14-23-24-21(25)18-8-12-20(13-9-18)26-15-17-4-2-1-3-5-17/h1-14H,15H2,(H,24,25)/b23-14-. The summed E-state index contributed by atoms with van der Waals surface area (Å²) in [7, 11) is 0. The van der Waals surface area contributed by atoms with Gasteiger partial charge in [0.2, 0.25) is 0 Å². The molecule has 0 saturated carbocycles. The van der Waals surface area contributed by atoms with Crippen LogP contribution in [0.5, 0.6) is 5.75 Å². The number of nitrogens with one attached hydrogen (secondary N) is 1. The van der Waals surface area contributed by atoms with E-state index >= 15 is 0 Å². The molecular weight excluding hydrogens is 392 g/mol. The lowest BCUT2D eigenvalue weighted by Gasteiger charge is -2.07. The van der Waals surface area contributed by atoms with Crippen LogP contribution in [0, 0.1) is 0 Å². The normalized spacial score (nSPS) is 10.7. The molecule has 130 valence electrons. The Labute approximate surface area is 160 Å². The number of rotatable bonds is 6. The summed E-state index contributed by atoms with van der Waals surface area (Å²) in [5.41, 5.74) is 5.03. The summed E-state index contributed by atoms with van der Waals surface area (Å²) in [4.78, 5) is 12.1. The van der Waals surface area contributed by atoms with E-state index in [1.807, 2.05) is 54.6 Å². The second kappa shape index (κ2) is 8.97. The van der Waals surface area contributed by atoms with E-state index in [-0.39, 0.29) is 5.91 Å². The van der Waals surface area contributed by atoms with Gasteiger partial charge in [0.15, 0.2) is 0 Å². The zero-order chi connectivity index (χ0) is 18.2. The lowest BCUT2D eigenvalue weighted by atomic mass is 10.2. The minimum absolute atomic E-state index is 0.270. The first-order valence-electron chi connectivity index (χ1n) is 8.06. The molecule has 3 aromatic carbocycles. The number of benzene rings is 3. The Morgan fingerprint density at radius 1 is 0.962 bits per heavy atom. The van der Waals surface area contributed by atoms with Crippen LogP contribution in [0.25, 0.3) is 0 Å². The number of hydrazone groups is 1. The fourth-order valence-corrected chi connectivity index (χ4v) is 2.49. The molecule has 5 heteroatoms. The summed E-state index contributed by atoms with van der Waals surface area (Å²) in [6.45, 7) is 0.490. The highest BCUT2D eigenvalue weighted by atomic mass is 79.9. The Morgan fingerprint density at radius 3 is 2.35 bits per heavy atom. The van der Waals surface area contributed by atoms with E-state index < -0.39 is 0 Å². The van der Waals surface area contributed by atoms with Gasteiger partial charge in [-0.25, -0.2) is 5.43 Å². The fraction of sp³-hybridized carbons (Fsp3) is 0.0476. The number of halogens is 1. The number of hydrogen-bond acceptors (Lipinski definition) is 3. The number of carbonyl (C=O) groups is 1. The van der Waals surface area contributed by atoms with Crippen molar-refractivity contribution < 1.29 is 9.53 Å². The second-order valence-corrected chi connectivity index (χ2v) is 6.47. The number of amides is 1. The molecule has 4 nitrogen and oxygen atoms in total. The molecule has 0 aliphatic carbocycles. The van der Waals surface area contributed by atoms with E-state index in [9.17, 15) is 4.79 Å². The number of nitrogens with zero attached hydrogens (tertiary/aromatic N) is 1. The van der Waals surface area contributed by atoms with Gasteiger partial charge in [-0.1, -0.05) is 58.4 Å². The molecule has 0 spiro atoms.